The Kier molecular flexibility index (Phi) is 3.19. The summed E-state index contributed by atoms with van der Waals surface area (Å²) in [7, 11) is 0. The molecule has 0 bridgehead atoms. The molecule has 2 N–H and O–H groups in total. The Morgan fingerprint density at radius 1 is 1.35 bits per heavy atom. The zero-order valence-corrected chi connectivity index (χ0v) is 10.3. The first kappa shape index (κ1) is 12.1. The molecule has 92 valence electrons. The Balaban J connectivity index is 2.36. The summed E-state index contributed by atoms with van der Waals surface area (Å²) in [6.45, 7) is 1.99. The lowest BCUT2D eigenvalue weighted by Gasteiger charge is -2.31. The third-order valence-electron chi connectivity index (χ3n) is 3.51. The van der Waals surface area contributed by atoms with Gasteiger partial charge >= 0.3 is 11.9 Å². The van der Waals surface area contributed by atoms with Gasteiger partial charge in [-0.05, 0) is 36.3 Å². The van der Waals surface area contributed by atoms with Crippen LogP contribution in [0.2, 0.25) is 0 Å². The number of carboxylic acid groups (broad SMARTS) is 2. The molecule has 0 spiro atoms. The predicted octanol–water partition coefficient (Wildman–Crippen LogP) is 3.05. The molecular formula is C12H14O4S. The molecule has 1 atom stereocenters. The van der Waals surface area contributed by atoms with Crippen LogP contribution >= 0.6 is 11.3 Å². The number of hydrogen-bond donors (Lipinski definition) is 2. The molecule has 0 aliphatic heterocycles. The highest BCUT2D eigenvalue weighted by Crippen LogP contribution is 2.42. The van der Waals surface area contributed by atoms with Gasteiger partial charge in [-0.2, -0.15) is 0 Å². The van der Waals surface area contributed by atoms with E-state index in [0.29, 0.717) is 11.5 Å². The number of hydrogen-bond acceptors (Lipinski definition) is 3. The lowest BCUT2D eigenvalue weighted by molar-refractivity contribution is 0.0691. The summed E-state index contributed by atoms with van der Waals surface area (Å²) in [6.07, 6.45) is 3.41. The first-order valence-corrected chi connectivity index (χ1v) is 6.42. The molecule has 0 amide bonds. The highest BCUT2D eigenvalue weighted by atomic mass is 32.1. The van der Waals surface area contributed by atoms with Gasteiger partial charge < -0.3 is 10.2 Å². The minimum absolute atomic E-state index is 0.114. The minimum atomic E-state index is -1.05. The molecule has 1 fully saturated rings. The van der Waals surface area contributed by atoms with E-state index in [-0.39, 0.29) is 15.7 Å². The zero-order valence-electron chi connectivity index (χ0n) is 9.47. The summed E-state index contributed by atoms with van der Waals surface area (Å²) < 4.78 is 0. The smallest absolute Gasteiger partial charge is 0.346 e. The van der Waals surface area contributed by atoms with Gasteiger partial charge in [-0.3, -0.25) is 0 Å². The second kappa shape index (κ2) is 4.49. The van der Waals surface area contributed by atoms with Crippen LogP contribution < -0.4 is 0 Å². The number of aromatic carboxylic acids is 2. The van der Waals surface area contributed by atoms with Gasteiger partial charge in [0.25, 0.3) is 0 Å². The Bertz CT molecular complexity index is 459. The first-order valence-electron chi connectivity index (χ1n) is 5.61. The van der Waals surface area contributed by atoms with E-state index in [2.05, 4.69) is 0 Å². The topological polar surface area (TPSA) is 74.6 Å². The van der Waals surface area contributed by atoms with Crippen molar-refractivity contribution in [3.8, 4) is 0 Å². The van der Waals surface area contributed by atoms with Gasteiger partial charge in [0.2, 0.25) is 0 Å². The number of carbonyl (C=O) groups is 2. The fourth-order valence-corrected chi connectivity index (χ4v) is 3.15. The number of thiophene rings is 1. The molecule has 0 aromatic carbocycles. The number of carboxylic acids is 2. The molecule has 1 saturated carbocycles. The van der Waals surface area contributed by atoms with Crippen LogP contribution in [-0.2, 0) is 0 Å². The SMILES string of the molecule is CC(c1cc(C(=O)O)sc1C(=O)O)C1CCC1. The van der Waals surface area contributed by atoms with E-state index in [1.54, 1.807) is 0 Å². The molecule has 0 saturated heterocycles. The maximum absolute atomic E-state index is 11.1. The molecule has 5 heteroatoms. The fraction of sp³-hybridized carbons (Fsp3) is 0.500. The van der Waals surface area contributed by atoms with E-state index in [4.69, 9.17) is 10.2 Å². The maximum Gasteiger partial charge on any atom is 0.346 e. The second-order valence-corrected chi connectivity index (χ2v) is 5.54. The van der Waals surface area contributed by atoms with Crippen LogP contribution in [0.5, 0.6) is 0 Å². The Hall–Kier alpha value is -1.36. The summed E-state index contributed by atoms with van der Waals surface area (Å²) >= 11 is 0.857. The van der Waals surface area contributed by atoms with Gasteiger partial charge in [0.1, 0.15) is 9.75 Å². The molecule has 1 heterocycles. The zero-order chi connectivity index (χ0) is 12.6. The van der Waals surface area contributed by atoms with Crippen LogP contribution in [0.4, 0.5) is 0 Å². The van der Waals surface area contributed by atoms with Gasteiger partial charge in [0.05, 0.1) is 0 Å². The van der Waals surface area contributed by atoms with Gasteiger partial charge in [0.15, 0.2) is 0 Å². The van der Waals surface area contributed by atoms with Gasteiger partial charge in [-0.15, -0.1) is 11.3 Å². The summed E-state index contributed by atoms with van der Waals surface area (Å²) in [5, 5.41) is 18.0. The normalized spacial score (nSPS) is 17.5. The number of rotatable bonds is 4. The summed E-state index contributed by atoms with van der Waals surface area (Å²) in [6, 6.07) is 1.53. The highest BCUT2D eigenvalue weighted by molar-refractivity contribution is 7.16. The monoisotopic (exact) mass is 254 g/mol. The van der Waals surface area contributed by atoms with Crippen LogP contribution in [0.3, 0.4) is 0 Å². The molecule has 1 aromatic heterocycles. The molecule has 1 unspecified atom stereocenters. The molecule has 1 aromatic rings. The summed E-state index contributed by atoms with van der Waals surface area (Å²) in [5.41, 5.74) is 0.685. The fourth-order valence-electron chi connectivity index (χ4n) is 2.21. The van der Waals surface area contributed by atoms with E-state index in [1.165, 1.54) is 12.5 Å². The molecule has 17 heavy (non-hydrogen) atoms. The van der Waals surface area contributed by atoms with Crippen LogP contribution in [0.1, 0.15) is 57.0 Å². The Labute approximate surface area is 103 Å². The van der Waals surface area contributed by atoms with E-state index in [9.17, 15) is 9.59 Å². The van der Waals surface area contributed by atoms with Crippen LogP contribution in [-0.4, -0.2) is 22.2 Å². The Morgan fingerprint density at radius 2 is 2.00 bits per heavy atom. The molecule has 2 rings (SSSR count). The molecule has 1 aliphatic carbocycles. The molecular weight excluding hydrogens is 240 g/mol. The van der Waals surface area contributed by atoms with Gasteiger partial charge in [0, 0.05) is 0 Å². The van der Waals surface area contributed by atoms with Crippen molar-refractivity contribution in [2.75, 3.05) is 0 Å². The first-order chi connectivity index (χ1) is 8.00. The predicted molar refractivity (Wildman–Crippen MR) is 64.0 cm³/mol. The third kappa shape index (κ3) is 2.20. The second-order valence-electron chi connectivity index (χ2n) is 4.49. The quantitative estimate of drug-likeness (QED) is 0.866. The lowest BCUT2D eigenvalue weighted by atomic mass is 9.74. The van der Waals surface area contributed by atoms with Crippen LogP contribution in [0.15, 0.2) is 6.07 Å². The van der Waals surface area contributed by atoms with E-state index < -0.39 is 11.9 Å². The summed E-state index contributed by atoms with van der Waals surface area (Å²) in [5.74, 6) is -1.43. The van der Waals surface area contributed by atoms with Crippen molar-refractivity contribution in [3.63, 3.8) is 0 Å². The van der Waals surface area contributed by atoms with Crippen molar-refractivity contribution in [2.24, 2.45) is 5.92 Å². The van der Waals surface area contributed by atoms with Crippen molar-refractivity contribution in [1.29, 1.82) is 0 Å². The molecule has 0 radical (unpaired) electrons. The van der Waals surface area contributed by atoms with Crippen molar-refractivity contribution < 1.29 is 19.8 Å². The van der Waals surface area contributed by atoms with Crippen molar-refractivity contribution in [2.45, 2.75) is 32.1 Å². The molecule has 4 nitrogen and oxygen atoms in total. The summed E-state index contributed by atoms with van der Waals surface area (Å²) in [4.78, 5) is 22.3. The highest BCUT2D eigenvalue weighted by Gasteiger charge is 2.30. The lowest BCUT2D eigenvalue weighted by Crippen LogP contribution is -2.19. The maximum atomic E-state index is 11.1. The molecule has 1 aliphatic rings. The van der Waals surface area contributed by atoms with E-state index in [1.807, 2.05) is 6.92 Å². The van der Waals surface area contributed by atoms with Crippen molar-refractivity contribution in [1.82, 2.24) is 0 Å². The average Bonchev–Trinajstić information content (AvgIpc) is 2.58. The average molecular weight is 254 g/mol. The van der Waals surface area contributed by atoms with Gasteiger partial charge in [-0.1, -0.05) is 13.3 Å². The van der Waals surface area contributed by atoms with Crippen LogP contribution in [0, 0.1) is 5.92 Å². The van der Waals surface area contributed by atoms with E-state index >= 15 is 0 Å². The standard InChI is InChI=1S/C12H14O4S/c1-6(7-3-2-4-7)8-5-9(11(13)14)17-10(8)12(15)16/h5-7H,2-4H2,1H3,(H,13,14)(H,15,16). The van der Waals surface area contributed by atoms with E-state index in [0.717, 1.165) is 24.2 Å². The van der Waals surface area contributed by atoms with Crippen LogP contribution in [0.25, 0.3) is 0 Å². The third-order valence-corrected chi connectivity index (χ3v) is 4.64. The largest absolute Gasteiger partial charge is 0.477 e. The Morgan fingerprint density at radius 3 is 2.41 bits per heavy atom. The van der Waals surface area contributed by atoms with Crippen molar-refractivity contribution in [3.05, 3.63) is 21.4 Å². The van der Waals surface area contributed by atoms with Crippen molar-refractivity contribution >= 4 is 23.3 Å². The van der Waals surface area contributed by atoms with Gasteiger partial charge in [-0.25, -0.2) is 9.59 Å². The minimum Gasteiger partial charge on any atom is -0.477 e.